The third kappa shape index (κ3) is 3.79. The first-order valence-corrected chi connectivity index (χ1v) is 7.84. The first-order valence-electron chi connectivity index (χ1n) is 7.84. The molecule has 24 heavy (non-hydrogen) atoms. The van der Waals surface area contributed by atoms with Gasteiger partial charge in [-0.15, -0.1) is 0 Å². The van der Waals surface area contributed by atoms with Crippen LogP contribution in [-0.4, -0.2) is 24.7 Å². The molecule has 0 bridgehead atoms. The highest BCUT2D eigenvalue weighted by molar-refractivity contribution is 6.07. The molecule has 1 heterocycles. The fraction of sp³-hybridized carbons (Fsp3) is 0.100. The maximum Gasteiger partial charge on any atom is 0.187 e. The Balaban J connectivity index is 1.86. The monoisotopic (exact) mass is 318 g/mol. The van der Waals surface area contributed by atoms with E-state index in [1.807, 2.05) is 36.4 Å². The molecule has 4 nitrogen and oxygen atoms in total. The molecule has 1 saturated heterocycles. The molecule has 1 fully saturated rings. The van der Waals surface area contributed by atoms with Crippen molar-refractivity contribution in [2.75, 3.05) is 13.1 Å². The van der Waals surface area contributed by atoms with Crippen molar-refractivity contribution in [3.05, 3.63) is 95.3 Å². The van der Waals surface area contributed by atoms with Gasteiger partial charge in [-0.3, -0.25) is 9.59 Å². The van der Waals surface area contributed by atoms with Crippen molar-refractivity contribution in [3.8, 4) is 0 Å². The number of hydrogen-bond acceptors (Lipinski definition) is 4. The van der Waals surface area contributed by atoms with Crippen LogP contribution >= 0.6 is 0 Å². The van der Waals surface area contributed by atoms with Crippen molar-refractivity contribution in [2.24, 2.45) is 0 Å². The molecule has 0 atom stereocenters. The predicted octanol–water partition coefficient (Wildman–Crippen LogP) is 2.71. The fourth-order valence-electron chi connectivity index (χ4n) is 2.48. The van der Waals surface area contributed by atoms with Gasteiger partial charge in [-0.2, -0.15) is 0 Å². The maximum absolute atomic E-state index is 12.4. The van der Waals surface area contributed by atoms with E-state index >= 15 is 0 Å². The molecule has 0 amide bonds. The van der Waals surface area contributed by atoms with E-state index in [-0.39, 0.29) is 11.6 Å². The average Bonchev–Trinajstić information content (AvgIpc) is 2.64. The lowest BCUT2D eigenvalue weighted by Crippen LogP contribution is -2.37. The molecule has 0 spiro atoms. The van der Waals surface area contributed by atoms with Crippen molar-refractivity contribution >= 4 is 11.6 Å². The van der Waals surface area contributed by atoms with Gasteiger partial charge in [-0.25, -0.2) is 0 Å². The lowest BCUT2D eigenvalue weighted by Gasteiger charge is -2.22. The minimum absolute atomic E-state index is 0.0974. The Morgan fingerprint density at radius 2 is 1.04 bits per heavy atom. The van der Waals surface area contributed by atoms with Crippen molar-refractivity contribution in [1.29, 1.82) is 0 Å². The molecule has 2 aromatic rings. The van der Waals surface area contributed by atoms with Gasteiger partial charge in [0.2, 0.25) is 0 Å². The van der Waals surface area contributed by atoms with Crippen LogP contribution in [0.15, 0.2) is 84.2 Å². The molecule has 0 aromatic heterocycles. The van der Waals surface area contributed by atoms with Crippen LogP contribution < -0.4 is 10.6 Å². The Kier molecular flexibility index (Phi) is 4.87. The first-order chi connectivity index (χ1) is 11.7. The summed E-state index contributed by atoms with van der Waals surface area (Å²) in [4.78, 5) is 24.7. The summed E-state index contributed by atoms with van der Waals surface area (Å²) in [5, 5.41) is 6.37. The zero-order chi connectivity index (χ0) is 16.8. The van der Waals surface area contributed by atoms with Crippen LogP contribution in [0, 0.1) is 0 Å². The van der Waals surface area contributed by atoms with Gasteiger partial charge in [-0.05, 0) is 0 Å². The van der Waals surface area contributed by atoms with Crippen molar-refractivity contribution in [1.82, 2.24) is 10.6 Å². The van der Waals surface area contributed by atoms with E-state index in [1.165, 1.54) is 12.2 Å². The Morgan fingerprint density at radius 1 is 0.667 bits per heavy atom. The smallest absolute Gasteiger partial charge is 0.187 e. The van der Waals surface area contributed by atoms with E-state index in [1.54, 1.807) is 24.3 Å². The molecule has 2 N–H and O–H groups in total. The number of rotatable bonds is 4. The second kappa shape index (κ2) is 7.42. The normalized spacial score (nSPS) is 17.2. The van der Waals surface area contributed by atoms with Gasteiger partial charge in [0.1, 0.15) is 0 Å². The van der Waals surface area contributed by atoms with Gasteiger partial charge in [0.05, 0.1) is 11.4 Å². The van der Waals surface area contributed by atoms with E-state index in [2.05, 4.69) is 10.6 Å². The molecule has 0 aliphatic carbocycles. The van der Waals surface area contributed by atoms with Crippen LogP contribution in [0.3, 0.4) is 0 Å². The molecule has 2 aromatic carbocycles. The second-order valence-corrected chi connectivity index (χ2v) is 5.43. The minimum Gasteiger partial charge on any atom is -0.381 e. The van der Waals surface area contributed by atoms with Crippen LogP contribution in [-0.2, 0) is 0 Å². The summed E-state index contributed by atoms with van der Waals surface area (Å²) < 4.78 is 0. The minimum atomic E-state index is -0.0974. The van der Waals surface area contributed by atoms with Gasteiger partial charge >= 0.3 is 0 Å². The van der Waals surface area contributed by atoms with Crippen LogP contribution in [0.2, 0.25) is 0 Å². The average molecular weight is 318 g/mol. The third-order valence-electron chi connectivity index (χ3n) is 3.71. The van der Waals surface area contributed by atoms with Crippen LogP contribution in [0.5, 0.6) is 0 Å². The zero-order valence-electron chi connectivity index (χ0n) is 13.2. The molecule has 1 aliphatic heterocycles. The number of piperazine rings is 1. The highest BCUT2D eigenvalue weighted by atomic mass is 16.1. The number of ketones is 2. The van der Waals surface area contributed by atoms with Crippen molar-refractivity contribution < 1.29 is 9.59 Å². The number of nitrogens with one attached hydrogen (secondary N) is 2. The molecular weight excluding hydrogens is 300 g/mol. The number of allylic oxidation sites excluding steroid dienone is 2. The summed E-state index contributed by atoms with van der Waals surface area (Å²) in [7, 11) is 0. The Morgan fingerprint density at radius 3 is 1.42 bits per heavy atom. The molecule has 120 valence electrons. The van der Waals surface area contributed by atoms with E-state index in [9.17, 15) is 9.59 Å². The van der Waals surface area contributed by atoms with Crippen LogP contribution in [0.4, 0.5) is 0 Å². The number of benzene rings is 2. The van der Waals surface area contributed by atoms with Gasteiger partial charge in [0, 0.05) is 36.4 Å². The summed E-state index contributed by atoms with van der Waals surface area (Å²) >= 11 is 0. The van der Waals surface area contributed by atoms with E-state index in [0.29, 0.717) is 35.6 Å². The summed E-state index contributed by atoms with van der Waals surface area (Å²) in [6, 6.07) is 18.1. The fourth-order valence-corrected chi connectivity index (χ4v) is 2.48. The third-order valence-corrected chi connectivity index (χ3v) is 3.71. The SMILES string of the molecule is O=C(C=C1NCCNC1=CC(=O)c1ccccc1)c1ccccc1. The topological polar surface area (TPSA) is 58.2 Å². The Labute approximate surface area is 140 Å². The van der Waals surface area contributed by atoms with Gasteiger partial charge in [0.15, 0.2) is 11.6 Å². The zero-order valence-corrected chi connectivity index (χ0v) is 13.2. The first kappa shape index (κ1) is 15.7. The van der Waals surface area contributed by atoms with E-state index in [0.717, 1.165) is 0 Å². The lowest BCUT2D eigenvalue weighted by molar-refractivity contribution is 0.103. The lowest BCUT2D eigenvalue weighted by atomic mass is 10.1. The second-order valence-electron chi connectivity index (χ2n) is 5.43. The number of hydrogen-bond donors (Lipinski definition) is 2. The highest BCUT2D eigenvalue weighted by Gasteiger charge is 2.14. The van der Waals surface area contributed by atoms with E-state index in [4.69, 9.17) is 0 Å². The summed E-state index contributed by atoms with van der Waals surface area (Å²) in [6.07, 6.45) is 3.07. The molecule has 0 saturated carbocycles. The maximum atomic E-state index is 12.4. The van der Waals surface area contributed by atoms with Crippen LogP contribution in [0.25, 0.3) is 0 Å². The molecular formula is C20H18N2O2. The Bertz CT molecular complexity index is 723. The van der Waals surface area contributed by atoms with Crippen molar-refractivity contribution in [2.45, 2.75) is 0 Å². The molecule has 0 unspecified atom stereocenters. The standard InChI is InChI=1S/C20H18N2O2/c23-19(15-7-3-1-4-8-15)13-17-18(22-12-11-21-17)14-20(24)16-9-5-2-6-10-16/h1-10,13-14,21-22H,11-12H2. The number of carbonyl (C=O) groups is 2. The number of carbonyl (C=O) groups excluding carboxylic acids is 2. The summed E-state index contributed by atoms with van der Waals surface area (Å²) in [5.41, 5.74) is 2.51. The van der Waals surface area contributed by atoms with E-state index < -0.39 is 0 Å². The van der Waals surface area contributed by atoms with Crippen LogP contribution in [0.1, 0.15) is 20.7 Å². The van der Waals surface area contributed by atoms with Gasteiger partial charge in [-0.1, -0.05) is 60.7 Å². The molecule has 1 aliphatic rings. The van der Waals surface area contributed by atoms with Gasteiger partial charge in [0.25, 0.3) is 0 Å². The molecule has 0 radical (unpaired) electrons. The Hall–Kier alpha value is -3.14. The molecule has 4 heteroatoms. The molecule has 3 rings (SSSR count). The predicted molar refractivity (Wildman–Crippen MR) is 93.7 cm³/mol. The van der Waals surface area contributed by atoms with Crippen molar-refractivity contribution in [3.63, 3.8) is 0 Å². The summed E-state index contributed by atoms with van der Waals surface area (Å²) in [6.45, 7) is 1.40. The quantitative estimate of drug-likeness (QED) is 0.672. The highest BCUT2D eigenvalue weighted by Crippen LogP contribution is 2.12. The summed E-state index contributed by atoms with van der Waals surface area (Å²) in [5.74, 6) is -0.195. The van der Waals surface area contributed by atoms with Gasteiger partial charge < -0.3 is 10.6 Å². The largest absolute Gasteiger partial charge is 0.381 e.